The molecule has 0 radical (unpaired) electrons. The molecule has 0 saturated heterocycles. The highest BCUT2D eigenvalue weighted by Crippen LogP contribution is 2.21. The number of aryl methyl sites for hydroxylation is 2. The van der Waals surface area contributed by atoms with Crippen molar-refractivity contribution in [3.8, 4) is 5.75 Å². The van der Waals surface area contributed by atoms with Gasteiger partial charge in [0, 0.05) is 19.4 Å². The predicted octanol–water partition coefficient (Wildman–Crippen LogP) is 3.61. The first-order valence-corrected chi connectivity index (χ1v) is 7.70. The second kappa shape index (κ2) is 7.00. The largest absolute Gasteiger partial charge is 0.413 e. The number of nitrogens with one attached hydrogen (secondary N) is 1. The standard InChI is InChI=1S/C19H19N3O2/c1-14-8-10-15(11-9-14)17(18-20-12-13-22(18)2)21-19(23)24-16-6-4-3-5-7-16/h3-13,17H,1-2H3,(H,21,23). The van der Waals surface area contributed by atoms with E-state index in [9.17, 15) is 4.79 Å². The molecule has 24 heavy (non-hydrogen) atoms. The van der Waals surface area contributed by atoms with E-state index in [0.29, 0.717) is 5.75 Å². The molecule has 0 aliphatic heterocycles. The summed E-state index contributed by atoms with van der Waals surface area (Å²) in [5.41, 5.74) is 2.10. The van der Waals surface area contributed by atoms with Gasteiger partial charge in [0.1, 0.15) is 17.6 Å². The van der Waals surface area contributed by atoms with Gasteiger partial charge in [0.05, 0.1) is 0 Å². The first-order chi connectivity index (χ1) is 11.6. The molecule has 0 fully saturated rings. The molecule has 122 valence electrons. The van der Waals surface area contributed by atoms with Gasteiger partial charge in [-0.25, -0.2) is 9.78 Å². The lowest BCUT2D eigenvalue weighted by Gasteiger charge is -2.19. The molecule has 0 bridgehead atoms. The minimum atomic E-state index is -0.519. The smallest absolute Gasteiger partial charge is 0.410 e. The van der Waals surface area contributed by atoms with Crippen LogP contribution in [0.25, 0.3) is 0 Å². The van der Waals surface area contributed by atoms with E-state index in [0.717, 1.165) is 17.0 Å². The maximum atomic E-state index is 12.3. The van der Waals surface area contributed by atoms with Crippen LogP contribution in [0.3, 0.4) is 0 Å². The van der Waals surface area contributed by atoms with Gasteiger partial charge in [0.2, 0.25) is 0 Å². The van der Waals surface area contributed by atoms with Crippen molar-refractivity contribution in [1.82, 2.24) is 14.9 Å². The summed E-state index contributed by atoms with van der Waals surface area (Å²) in [6.07, 6.45) is 3.04. The van der Waals surface area contributed by atoms with E-state index < -0.39 is 6.09 Å². The van der Waals surface area contributed by atoms with E-state index in [-0.39, 0.29) is 6.04 Å². The van der Waals surface area contributed by atoms with Gasteiger partial charge in [0.25, 0.3) is 0 Å². The van der Waals surface area contributed by atoms with Crippen LogP contribution in [0.4, 0.5) is 4.79 Å². The van der Waals surface area contributed by atoms with Gasteiger partial charge in [-0.3, -0.25) is 0 Å². The van der Waals surface area contributed by atoms with Gasteiger partial charge in [-0.05, 0) is 24.6 Å². The molecule has 0 spiro atoms. The fraction of sp³-hybridized carbons (Fsp3) is 0.158. The lowest BCUT2D eigenvalue weighted by Crippen LogP contribution is -2.33. The molecule has 0 saturated carbocycles. The molecule has 3 aromatic rings. The number of hydrogen-bond acceptors (Lipinski definition) is 3. The lowest BCUT2D eigenvalue weighted by molar-refractivity contribution is 0.197. The Morgan fingerprint density at radius 2 is 1.83 bits per heavy atom. The van der Waals surface area contributed by atoms with Crippen LogP contribution < -0.4 is 10.1 Å². The van der Waals surface area contributed by atoms with E-state index in [4.69, 9.17) is 4.74 Å². The van der Waals surface area contributed by atoms with E-state index in [1.54, 1.807) is 18.3 Å². The molecule has 1 N–H and O–H groups in total. The molecular weight excluding hydrogens is 302 g/mol. The Morgan fingerprint density at radius 3 is 2.46 bits per heavy atom. The Labute approximate surface area is 140 Å². The molecule has 0 aliphatic carbocycles. The summed E-state index contributed by atoms with van der Waals surface area (Å²) in [6, 6.07) is 16.6. The zero-order valence-corrected chi connectivity index (χ0v) is 13.6. The zero-order valence-electron chi connectivity index (χ0n) is 13.6. The highest BCUT2D eigenvalue weighted by atomic mass is 16.6. The van der Waals surface area contributed by atoms with Crippen molar-refractivity contribution in [1.29, 1.82) is 0 Å². The number of aromatic nitrogens is 2. The summed E-state index contributed by atoms with van der Waals surface area (Å²) in [5, 5.41) is 2.90. The monoisotopic (exact) mass is 321 g/mol. The van der Waals surface area contributed by atoms with Crippen LogP contribution in [0.15, 0.2) is 67.0 Å². The topological polar surface area (TPSA) is 56.1 Å². The van der Waals surface area contributed by atoms with E-state index in [1.807, 2.05) is 67.2 Å². The number of benzene rings is 2. The molecular formula is C19H19N3O2. The van der Waals surface area contributed by atoms with Gasteiger partial charge in [-0.1, -0.05) is 48.0 Å². The molecule has 3 rings (SSSR count). The van der Waals surface area contributed by atoms with Crippen LogP contribution in [0.5, 0.6) is 5.75 Å². The van der Waals surface area contributed by atoms with E-state index in [2.05, 4.69) is 10.3 Å². The van der Waals surface area contributed by atoms with Crippen molar-refractivity contribution >= 4 is 6.09 Å². The number of nitrogens with zero attached hydrogens (tertiary/aromatic N) is 2. The third kappa shape index (κ3) is 3.63. The summed E-state index contributed by atoms with van der Waals surface area (Å²) in [6.45, 7) is 2.02. The number of rotatable bonds is 4. The minimum absolute atomic E-state index is 0.387. The third-order valence-electron chi connectivity index (χ3n) is 3.74. The van der Waals surface area contributed by atoms with Crippen LogP contribution in [0.1, 0.15) is 23.0 Å². The Balaban J connectivity index is 1.84. The Morgan fingerprint density at radius 1 is 1.12 bits per heavy atom. The minimum Gasteiger partial charge on any atom is -0.410 e. The number of hydrogen-bond donors (Lipinski definition) is 1. The van der Waals surface area contributed by atoms with Crippen molar-refractivity contribution in [2.75, 3.05) is 0 Å². The van der Waals surface area contributed by atoms with Crippen LogP contribution in [0, 0.1) is 6.92 Å². The van der Waals surface area contributed by atoms with E-state index >= 15 is 0 Å². The van der Waals surface area contributed by atoms with Crippen LogP contribution in [-0.2, 0) is 7.05 Å². The van der Waals surface area contributed by atoms with E-state index in [1.165, 1.54) is 0 Å². The number of ether oxygens (including phenoxy) is 1. The zero-order chi connectivity index (χ0) is 16.9. The van der Waals surface area contributed by atoms with Crippen LogP contribution in [0.2, 0.25) is 0 Å². The molecule has 1 heterocycles. The fourth-order valence-corrected chi connectivity index (χ4v) is 2.45. The number of carbonyl (C=O) groups is 1. The average molecular weight is 321 g/mol. The van der Waals surface area contributed by atoms with Crippen molar-refractivity contribution < 1.29 is 9.53 Å². The quantitative estimate of drug-likeness (QED) is 0.798. The van der Waals surface area contributed by atoms with Gasteiger partial charge in [0.15, 0.2) is 0 Å². The molecule has 1 aromatic heterocycles. The van der Waals surface area contributed by atoms with Crippen molar-refractivity contribution in [3.63, 3.8) is 0 Å². The maximum absolute atomic E-state index is 12.3. The maximum Gasteiger partial charge on any atom is 0.413 e. The normalized spacial score (nSPS) is 11.8. The molecule has 2 aromatic carbocycles. The molecule has 5 nitrogen and oxygen atoms in total. The summed E-state index contributed by atoms with van der Waals surface area (Å²) in [7, 11) is 1.90. The second-order valence-corrected chi connectivity index (χ2v) is 5.59. The van der Waals surface area contributed by atoms with Crippen molar-refractivity contribution in [3.05, 3.63) is 83.9 Å². The molecule has 1 unspecified atom stereocenters. The van der Waals surface area contributed by atoms with Gasteiger partial charge in [-0.2, -0.15) is 0 Å². The first-order valence-electron chi connectivity index (χ1n) is 7.70. The summed E-state index contributed by atoms with van der Waals surface area (Å²) in [5.74, 6) is 1.24. The molecule has 5 heteroatoms. The average Bonchev–Trinajstić information content (AvgIpc) is 3.00. The Hall–Kier alpha value is -3.08. The summed E-state index contributed by atoms with van der Waals surface area (Å²) >= 11 is 0. The molecule has 1 atom stereocenters. The van der Waals surface area contributed by atoms with Crippen LogP contribution in [-0.4, -0.2) is 15.6 Å². The van der Waals surface area contributed by atoms with Gasteiger partial charge >= 0.3 is 6.09 Å². The molecule has 0 aliphatic rings. The van der Waals surface area contributed by atoms with Gasteiger partial charge in [-0.15, -0.1) is 0 Å². The lowest BCUT2D eigenvalue weighted by atomic mass is 10.0. The second-order valence-electron chi connectivity index (χ2n) is 5.59. The van der Waals surface area contributed by atoms with Gasteiger partial charge < -0.3 is 14.6 Å². The van der Waals surface area contributed by atoms with Crippen LogP contribution >= 0.6 is 0 Å². The number of amides is 1. The Bertz CT molecular complexity index is 810. The SMILES string of the molecule is Cc1ccc(C(NC(=O)Oc2ccccc2)c2nccn2C)cc1. The first kappa shape index (κ1) is 15.8. The highest BCUT2D eigenvalue weighted by Gasteiger charge is 2.21. The number of para-hydroxylation sites is 1. The van der Waals surface area contributed by atoms with Crippen molar-refractivity contribution in [2.24, 2.45) is 7.05 Å². The summed E-state index contributed by atoms with van der Waals surface area (Å²) in [4.78, 5) is 16.7. The third-order valence-corrected chi connectivity index (χ3v) is 3.74. The summed E-state index contributed by atoms with van der Waals surface area (Å²) < 4.78 is 7.22. The number of carbonyl (C=O) groups excluding carboxylic acids is 1. The Kier molecular flexibility index (Phi) is 4.61. The predicted molar refractivity (Wildman–Crippen MR) is 91.8 cm³/mol. The fourth-order valence-electron chi connectivity index (χ4n) is 2.45. The highest BCUT2D eigenvalue weighted by molar-refractivity contribution is 5.71. The number of imidazole rings is 1. The molecule has 1 amide bonds. The van der Waals surface area contributed by atoms with Crippen molar-refractivity contribution in [2.45, 2.75) is 13.0 Å².